The molecule has 3 rings (SSSR count). The van der Waals surface area contributed by atoms with E-state index in [4.69, 9.17) is 10.5 Å². The fourth-order valence-corrected chi connectivity index (χ4v) is 1.76. The molecule has 1 aromatic carbocycles. The zero-order valence-corrected chi connectivity index (χ0v) is 9.74. The molecule has 0 radical (unpaired) electrons. The van der Waals surface area contributed by atoms with Gasteiger partial charge in [0.05, 0.1) is 24.4 Å². The van der Waals surface area contributed by atoms with E-state index in [2.05, 4.69) is 15.1 Å². The Bertz CT molecular complexity index is 692. The lowest BCUT2D eigenvalue weighted by Crippen LogP contribution is -2.01. The van der Waals surface area contributed by atoms with Crippen molar-refractivity contribution in [3.63, 3.8) is 0 Å². The lowest BCUT2D eigenvalue weighted by atomic mass is 10.3. The summed E-state index contributed by atoms with van der Waals surface area (Å²) < 4.78 is 6.72. The highest BCUT2D eigenvalue weighted by Crippen LogP contribution is 2.22. The van der Waals surface area contributed by atoms with Crippen molar-refractivity contribution in [2.45, 2.75) is 0 Å². The normalized spacial score (nSPS) is 10.7. The number of nitrogen functional groups attached to an aromatic ring is 1. The number of fused-ring (bicyclic) bond motifs is 1. The van der Waals surface area contributed by atoms with E-state index in [1.165, 1.54) is 7.11 Å². The van der Waals surface area contributed by atoms with Crippen LogP contribution in [0.4, 0.5) is 5.82 Å². The van der Waals surface area contributed by atoms with Gasteiger partial charge in [-0.2, -0.15) is 15.1 Å². The largest absolute Gasteiger partial charge is 0.467 e. The highest BCUT2D eigenvalue weighted by atomic mass is 16.5. The van der Waals surface area contributed by atoms with Crippen LogP contribution in [0.2, 0.25) is 0 Å². The van der Waals surface area contributed by atoms with E-state index in [0.29, 0.717) is 16.9 Å². The molecule has 2 aromatic heterocycles. The molecular formula is C12H11N5O. The van der Waals surface area contributed by atoms with Gasteiger partial charge in [-0.25, -0.2) is 4.68 Å². The fourth-order valence-electron chi connectivity index (χ4n) is 1.76. The number of methoxy groups -OCH3 is 1. The van der Waals surface area contributed by atoms with E-state index >= 15 is 0 Å². The first-order valence-electron chi connectivity index (χ1n) is 5.40. The fraction of sp³-hybridized carbons (Fsp3) is 0.0833. The summed E-state index contributed by atoms with van der Waals surface area (Å²) in [6, 6.07) is 9.93. The van der Waals surface area contributed by atoms with Gasteiger partial charge in [-0.1, -0.05) is 18.2 Å². The number of anilines is 1. The number of hydrogen-bond donors (Lipinski definition) is 1. The van der Waals surface area contributed by atoms with Gasteiger partial charge in [0.25, 0.3) is 0 Å². The molecule has 0 atom stereocenters. The first-order valence-corrected chi connectivity index (χ1v) is 5.40. The minimum absolute atomic E-state index is 0.234. The summed E-state index contributed by atoms with van der Waals surface area (Å²) in [4.78, 5) is 8.30. The number of nitrogens with zero attached hydrogens (tertiary/aromatic N) is 4. The predicted molar refractivity (Wildman–Crippen MR) is 67.6 cm³/mol. The third-order valence-electron chi connectivity index (χ3n) is 2.62. The molecule has 90 valence electrons. The average molecular weight is 241 g/mol. The molecule has 2 N–H and O–H groups in total. The summed E-state index contributed by atoms with van der Waals surface area (Å²) >= 11 is 0. The van der Waals surface area contributed by atoms with Gasteiger partial charge in [0, 0.05) is 0 Å². The Morgan fingerprint density at radius 1 is 1.17 bits per heavy atom. The zero-order valence-electron chi connectivity index (χ0n) is 9.74. The molecule has 0 aliphatic carbocycles. The third-order valence-corrected chi connectivity index (χ3v) is 2.62. The SMILES string of the molecule is COc1nc(N)c2cnn(-c3ccccc3)c2n1. The van der Waals surface area contributed by atoms with Crippen LogP contribution in [0.3, 0.4) is 0 Å². The molecule has 0 saturated carbocycles. The molecule has 0 spiro atoms. The number of nitrogens with two attached hydrogens (primary N) is 1. The molecular weight excluding hydrogens is 230 g/mol. The van der Waals surface area contributed by atoms with Gasteiger partial charge in [-0.3, -0.25) is 0 Å². The van der Waals surface area contributed by atoms with Crippen LogP contribution in [0.5, 0.6) is 6.01 Å². The van der Waals surface area contributed by atoms with Crippen molar-refractivity contribution >= 4 is 16.9 Å². The van der Waals surface area contributed by atoms with E-state index in [9.17, 15) is 0 Å². The first kappa shape index (κ1) is 10.5. The van der Waals surface area contributed by atoms with E-state index in [0.717, 1.165) is 5.69 Å². The molecule has 0 amide bonds. The van der Waals surface area contributed by atoms with Crippen LogP contribution < -0.4 is 10.5 Å². The van der Waals surface area contributed by atoms with Crippen LogP contribution in [0.1, 0.15) is 0 Å². The monoisotopic (exact) mass is 241 g/mol. The topological polar surface area (TPSA) is 78.9 Å². The highest BCUT2D eigenvalue weighted by Gasteiger charge is 2.12. The second-order valence-electron chi connectivity index (χ2n) is 3.72. The molecule has 18 heavy (non-hydrogen) atoms. The van der Waals surface area contributed by atoms with Crippen molar-refractivity contribution < 1.29 is 4.74 Å². The maximum absolute atomic E-state index is 5.84. The van der Waals surface area contributed by atoms with E-state index in [1.807, 2.05) is 30.3 Å². The van der Waals surface area contributed by atoms with Gasteiger partial charge in [-0.05, 0) is 12.1 Å². The minimum Gasteiger partial charge on any atom is -0.467 e. The average Bonchev–Trinajstić information content (AvgIpc) is 2.84. The van der Waals surface area contributed by atoms with Gasteiger partial charge in [0.1, 0.15) is 5.82 Å². The summed E-state index contributed by atoms with van der Waals surface area (Å²) in [5, 5.41) is 4.99. The molecule has 6 heteroatoms. The predicted octanol–water partition coefficient (Wildman–Crippen LogP) is 1.41. The van der Waals surface area contributed by atoms with Crippen molar-refractivity contribution in [2.75, 3.05) is 12.8 Å². The van der Waals surface area contributed by atoms with Crippen LogP contribution in [0, 0.1) is 0 Å². The summed E-state index contributed by atoms with van der Waals surface area (Å²) in [6.45, 7) is 0. The van der Waals surface area contributed by atoms with Crippen molar-refractivity contribution in [3.8, 4) is 11.7 Å². The van der Waals surface area contributed by atoms with Crippen LogP contribution in [-0.4, -0.2) is 26.9 Å². The second kappa shape index (κ2) is 3.99. The van der Waals surface area contributed by atoms with Gasteiger partial charge in [0.15, 0.2) is 5.65 Å². The Balaban J connectivity index is 2.28. The molecule has 0 saturated heterocycles. The molecule has 0 bridgehead atoms. The zero-order chi connectivity index (χ0) is 12.5. The van der Waals surface area contributed by atoms with Crippen molar-refractivity contribution in [3.05, 3.63) is 36.5 Å². The summed E-state index contributed by atoms with van der Waals surface area (Å²) in [5.41, 5.74) is 7.38. The van der Waals surface area contributed by atoms with Crippen LogP contribution in [0.15, 0.2) is 36.5 Å². The number of para-hydroxylation sites is 1. The molecule has 2 heterocycles. The number of hydrogen-bond acceptors (Lipinski definition) is 5. The number of benzene rings is 1. The third kappa shape index (κ3) is 1.55. The van der Waals surface area contributed by atoms with Crippen molar-refractivity contribution in [2.24, 2.45) is 0 Å². The maximum atomic E-state index is 5.84. The van der Waals surface area contributed by atoms with Gasteiger partial charge < -0.3 is 10.5 Å². The summed E-state index contributed by atoms with van der Waals surface area (Å²) in [6.07, 6.45) is 1.65. The number of ether oxygens (including phenoxy) is 1. The lowest BCUT2D eigenvalue weighted by molar-refractivity contribution is 0.382. The van der Waals surface area contributed by atoms with Gasteiger partial charge >= 0.3 is 6.01 Å². The molecule has 0 unspecified atom stereocenters. The minimum atomic E-state index is 0.234. The Labute approximate surface area is 103 Å². The molecule has 6 nitrogen and oxygen atoms in total. The summed E-state index contributed by atoms with van der Waals surface area (Å²) in [5.74, 6) is 0.360. The van der Waals surface area contributed by atoms with Crippen LogP contribution >= 0.6 is 0 Å². The first-order chi connectivity index (χ1) is 8.79. The van der Waals surface area contributed by atoms with Gasteiger partial charge in [-0.15, -0.1) is 0 Å². The number of aromatic nitrogens is 4. The Morgan fingerprint density at radius 3 is 2.67 bits per heavy atom. The van der Waals surface area contributed by atoms with E-state index < -0.39 is 0 Å². The van der Waals surface area contributed by atoms with E-state index in [-0.39, 0.29) is 6.01 Å². The second-order valence-corrected chi connectivity index (χ2v) is 3.72. The quantitative estimate of drug-likeness (QED) is 0.733. The van der Waals surface area contributed by atoms with Crippen LogP contribution in [0.25, 0.3) is 16.7 Å². The summed E-state index contributed by atoms with van der Waals surface area (Å²) in [7, 11) is 1.50. The highest BCUT2D eigenvalue weighted by molar-refractivity contribution is 5.86. The van der Waals surface area contributed by atoms with E-state index in [1.54, 1.807) is 10.9 Å². The lowest BCUT2D eigenvalue weighted by Gasteiger charge is -2.04. The van der Waals surface area contributed by atoms with Gasteiger partial charge in [0.2, 0.25) is 0 Å². The van der Waals surface area contributed by atoms with Crippen LogP contribution in [-0.2, 0) is 0 Å². The van der Waals surface area contributed by atoms with Crippen molar-refractivity contribution in [1.82, 2.24) is 19.7 Å². The number of rotatable bonds is 2. The Hall–Kier alpha value is -2.63. The molecule has 0 fully saturated rings. The Kier molecular flexibility index (Phi) is 2.33. The molecule has 0 aliphatic rings. The molecule has 3 aromatic rings. The smallest absolute Gasteiger partial charge is 0.320 e. The molecule has 0 aliphatic heterocycles. The Morgan fingerprint density at radius 2 is 1.94 bits per heavy atom. The van der Waals surface area contributed by atoms with Crippen molar-refractivity contribution in [1.29, 1.82) is 0 Å². The standard InChI is InChI=1S/C12H11N5O/c1-18-12-15-10(13)9-7-14-17(11(9)16-12)8-5-3-2-4-6-8/h2-7H,1H3,(H2,13,15,16). The maximum Gasteiger partial charge on any atom is 0.320 e.